The second-order valence-corrected chi connectivity index (χ2v) is 11.6. The fourth-order valence-electron chi connectivity index (χ4n) is 1.64. The third-order valence-corrected chi connectivity index (χ3v) is 8.41. The normalized spacial score (nSPS) is 12.6. The van der Waals surface area contributed by atoms with Crippen molar-refractivity contribution >= 4 is 19.7 Å². The van der Waals surface area contributed by atoms with Gasteiger partial charge in [0.05, 0.1) is 11.4 Å². The van der Waals surface area contributed by atoms with E-state index in [1.54, 1.807) is 0 Å². The summed E-state index contributed by atoms with van der Waals surface area (Å²) in [6.07, 6.45) is 0. The molecular formula is C18H24N2OSi. The first-order valence-electron chi connectivity index (χ1n) is 7.54. The van der Waals surface area contributed by atoms with Gasteiger partial charge in [-0.3, -0.25) is 0 Å². The molecule has 0 saturated carbocycles. The molecule has 0 aliphatic rings. The molecule has 22 heavy (non-hydrogen) atoms. The molecule has 2 aromatic carbocycles. The van der Waals surface area contributed by atoms with Crippen molar-refractivity contribution in [1.82, 2.24) is 0 Å². The van der Waals surface area contributed by atoms with Gasteiger partial charge >= 0.3 is 0 Å². The smallest absolute Gasteiger partial charge is 0.250 e. The lowest BCUT2D eigenvalue weighted by atomic mass is 10.2. The van der Waals surface area contributed by atoms with Gasteiger partial charge in [0.2, 0.25) is 8.32 Å². The Morgan fingerprint density at radius 2 is 1.27 bits per heavy atom. The number of hydrogen-bond donors (Lipinski definition) is 0. The first-order chi connectivity index (χ1) is 10.3. The Labute approximate surface area is 134 Å². The van der Waals surface area contributed by atoms with Gasteiger partial charge in [0, 0.05) is 0 Å². The van der Waals surface area contributed by atoms with E-state index < -0.39 is 8.32 Å². The number of rotatable bonds is 4. The number of azo groups is 1. The van der Waals surface area contributed by atoms with Gasteiger partial charge in [0.15, 0.2) is 0 Å². The molecule has 0 radical (unpaired) electrons. The summed E-state index contributed by atoms with van der Waals surface area (Å²) in [6, 6.07) is 17.5. The van der Waals surface area contributed by atoms with E-state index in [2.05, 4.69) is 44.1 Å². The summed E-state index contributed by atoms with van der Waals surface area (Å²) < 4.78 is 6.25. The monoisotopic (exact) mass is 312 g/mol. The maximum atomic E-state index is 6.25. The Morgan fingerprint density at radius 3 is 1.77 bits per heavy atom. The average Bonchev–Trinajstić information content (AvgIpc) is 2.46. The highest BCUT2D eigenvalue weighted by molar-refractivity contribution is 6.74. The topological polar surface area (TPSA) is 34.0 Å². The van der Waals surface area contributed by atoms with Crippen molar-refractivity contribution in [2.75, 3.05) is 0 Å². The Morgan fingerprint density at radius 1 is 0.773 bits per heavy atom. The fourth-order valence-corrected chi connectivity index (χ4v) is 2.67. The van der Waals surface area contributed by atoms with E-state index >= 15 is 0 Å². The number of hydrogen-bond acceptors (Lipinski definition) is 3. The molecule has 0 aliphatic heterocycles. The average molecular weight is 312 g/mol. The summed E-state index contributed by atoms with van der Waals surface area (Å²) >= 11 is 0. The molecule has 0 fully saturated rings. The van der Waals surface area contributed by atoms with Crippen LogP contribution >= 0.6 is 0 Å². The predicted octanol–water partition coefficient (Wildman–Crippen LogP) is 6.49. The summed E-state index contributed by atoms with van der Waals surface area (Å²) in [5.41, 5.74) is 1.68. The maximum absolute atomic E-state index is 6.25. The first kappa shape index (κ1) is 16.4. The molecule has 2 aromatic rings. The van der Waals surface area contributed by atoms with Crippen LogP contribution in [0.2, 0.25) is 18.1 Å². The van der Waals surface area contributed by atoms with Crippen LogP contribution in [-0.4, -0.2) is 8.32 Å². The van der Waals surface area contributed by atoms with Gasteiger partial charge in [-0.15, -0.1) is 0 Å². The van der Waals surface area contributed by atoms with Crippen LogP contribution in [0.5, 0.6) is 5.75 Å². The molecule has 3 nitrogen and oxygen atoms in total. The third kappa shape index (κ3) is 4.27. The highest BCUT2D eigenvalue weighted by Gasteiger charge is 2.38. The molecular weight excluding hydrogens is 288 g/mol. The summed E-state index contributed by atoms with van der Waals surface area (Å²) in [7, 11) is -1.79. The van der Waals surface area contributed by atoms with Gasteiger partial charge in [-0.25, -0.2) is 0 Å². The van der Waals surface area contributed by atoms with E-state index in [1.807, 2.05) is 54.6 Å². The quantitative estimate of drug-likeness (QED) is 0.469. The van der Waals surface area contributed by atoms with Crippen LogP contribution in [-0.2, 0) is 0 Å². The third-order valence-electron chi connectivity index (χ3n) is 4.05. The summed E-state index contributed by atoms with van der Waals surface area (Å²) in [5, 5.41) is 8.65. The molecule has 0 saturated heterocycles. The van der Waals surface area contributed by atoms with Crippen molar-refractivity contribution in [3.63, 3.8) is 0 Å². The van der Waals surface area contributed by atoms with Gasteiger partial charge in [0.1, 0.15) is 5.75 Å². The zero-order valence-corrected chi connectivity index (χ0v) is 15.0. The van der Waals surface area contributed by atoms with Crippen LogP contribution < -0.4 is 4.43 Å². The van der Waals surface area contributed by atoms with Crippen molar-refractivity contribution in [2.24, 2.45) is 10.2 Å². The molecule has 0 amide bonds. The van der Waals surface area contributed by atoms with E-state index in [1.165, 1.54) is 0 Å². The van der Waals surface area contributed by atoms with E-state index in [0.717, 1.165) is 17.1 Å². The number of benzene rings is 2. The Bertz CT molecular complexity index is 628. The summed E-state index contributed by atoms with van der Waals surface area (Å²) in [5.74, 6) is 0.908. The minimum Gasteiger partial charge on any atom is -0.544 e. The fraction of sp³-hybridized carbons (Fsp3) is 0.333. The zero-order chi connectivity index (χ0) is 16.2. The van der Waals surface area contributed by atoms with Crippen molar-refractivity contribution in [2.45, 2.75) is 38.9 Å². The molecule has 4 heteroatoms. The second kappa shape index (κ2) is 6.44. The predicted molar refractivity (Wildman–Crippen MR) is 94.9 cm³/mol. The summed E-state index contributed by atoms with van der Waals surface area (Å²) in [4.78, 5) is 0. The second-order valence-electron chi connectivity index (χ2n) is 6.89. The van der Waals surface area contributed by atoms with Crippen LogP contribution in [0.1, 0.15) is 20.8 Å². The molecule has 0 aromatic heterocycles. The highest BCUT2D eigenvalue weighted by atomic mass is 28.4. The van der Waals surface area contributed by atoms with Crippen molar-refractivity contribution < 1.29 is 4.43 Å². The molecule has 0 heterocycles. The van der Waals surface area contributed by atoms with Crippen molar-refractivity contribution in [1.29, 1.82) is 0 Å². The van der Waals surface area contributed by atoms with E-state index in [4.69, 9.17) is 4.43 Å². The molecule has 0 atom stereocenters. The molecule has 0 N–H and O–H groups in total. The maximum Gasteiger partial charge on any atom is 0.250 e. The molecule has 0 bridgehead atoms. The van der Waals surface area contributed by atoms with E-state index in [9.17, 15) is 0 Å². The van der Waals surface area contributed by atoms with Gasteiger partial charge in [-0.05, 0) is 54.5 Å². The lowest BCUT2D eigenvalue weighted by Gasteiger charge is -2.36. The standard InChI is InChI=1S/C18H24N2OSi/c1-18(2,3)22(4,5)21-17-13-11-16(12-14-17)20-19-15-9-7-6-8-10-15/h6-14H,1-5H3/b20-19+. The minimum absolute atomic E-state index is 0.193. The molecule has 0 unspecified atom stereocenters. The highest BCUT2D eigenvalue weighted by Crippen LogP contribution is 2.37. The first-order valence-corrected chi connectivity index (χ1v) is 10.4. The van der Waals surface area contributed by atoms with E-state index in [-0.39, 0.29) is 5.04 Å². The minimum atomic E-state index is -1.79. The Kier molecular flexibility index (Phi) is 4.81. The summed E-state index contributed by atoms with van der Waals surface area (Å²) in [6.45, 7) is 11.2. The Hall–Kier alpha value is -1.94. The number of nitrogens with zero attached hydrogens (tertiary/aromatic N) is 2. The SMILES string of the molecule is CC(C)(C)[Si](C)(C)Oc1ccc(/N=N/c2ccccc2)cc1. The lowest BCUT2D eigenvalue weighted by Crippen LogP contribution is -2.43. The molecule has 0 aliphatic carbocycles. The molecule has 2 rings (SSSR count). The van der Waals surface area contributed by atoms with Gasteiger partial charge < -0.3 is 4.43 Å². The lowest BCUT2D eigenvalue weighted by molar-refractivity contribution is 0.492. The van der Waals surface area contributed by atoms with Crippen LogP contribution in [0.3, 0.4) is 0 Å². The van der Waals surface area contributed by atoms with Gasteiger partial charge in [0.25, 0.3) is 0 Å². The largest absolute Gasteiger partial charge is 0.544 e. The Balaban J connectivity index is 2.06. The van der Waals surface area contributed by atoms with Crippen LogP contribution in [0, 0.1) is 0 Å². The van der Waals surface area contributed by atoms with Crippen LogP contribution in [0.15, 0.2) is 64.8 Å². The van der Waals surface area contributed by atoms with Crippen LogP contribution in [0.4, 0.5) is 11.4 Å². The molecule has 0 spiro atoms. The van der Waals surface area contributed by atoms with Crippen molar-refractivity contribution in [3.8, 4) is 5.75 Å². The van der Waals surface area contributed by atoms with Gasteiger partial charge in [-0.1, -0.05) is 39.0 Å². The van der Waals surface area contributed by atoms with E-state index in [0.29, 0.717) is 0 Å². The van der Waals surface area contributed by atoms with Crippen LogP contribution in [0.25, 0.3) is 0 Å². The zero-order valence-electron chi connectivity index (χ0n) is 14.0. The van der Waals surface area contributed by atoms with Crippen molar-refractivity contribution in [3.05, 3.63) is 54.6 Å². The molecule has 116 valence electrons. The van der Waals surface area contributed by atoms with Gasteiger partial charge in [-0.2, -0.15) is 10.2 Å².